The van der Waals surface area contributed by atoms with Gasteiger partial charge in [0.2, 0.25) is 12.5 Å². The van der Waals surface area contributed by atoms with Gasteiger partial charge in [-0.25, -0.2) is 9.18 Å². The summed E-state index contributed by atoms with van der Waals surface area (Å²) in [6.45, 7) is -0.0208. The van der Waals surface area contributed by atoms with Crippen LogP contribution in [0, 0.1) is 5.82 Å². The Bertz CT molecular complexity index is 991. The van der Waals surface area contributed by atoms with Crippen molar-refractivity contribution in [3.63, 3.8) is 0 Å². The summed E-state index contributed by atoms with van der Waals surface area (Å²) in [6.07, 6.45) is 0. The number of rotatable bonds is 1. The number of ether oxygens (including phenoxy) is 3. The lowest BCUT2D eigenvalue weighted by atomic mass is 10.0. The molecule has 0 saturated carbocycles. The van der Waals surface area contributed by atoms with Crippen molar-refractivity contribution >= 4 is 21.7 Å². The lowest BCUT2D eigenvalue weighted by Gasteiger charge is -2.10. The first-order valence-corrected chi connectivity index (χ1v) is 6.36. The van der Waals surface area contributed by atoms with Crippen molar-refractivity contribution in [2.45, 2.75) is 0 Å². The Morgan fingerprint density at radius 3 is 2.86 bits per heavy atom. The third-order valence-corrected chi connectivity index (χ3v) is 3.58. The predicted octanol–water partition coefficient (Wildman–Crippen LogP) is 2.53. The van der Waals surface area contributed by atoms with E-state index in [1.807, 2.05) is 0 Å². The van der Waals surface area contributed by atoms with E-state index in [0.29, 0.717) is 5.75 Å². The molecule has 0 amide bonds. The second kappa shape index (κ2) is 4.27. The molecule has 0 bridgehead atoms. The molecule has 6 nitrogen and oxygen atoms in total. The first kappa shape index (κ1) is 12.8. The zero-order valence-electron chi connectivity index (χ0n) is 11.3. The summed E-state index contributed by atoms with van der Waals surface area (Å²) >= 11 is 0. The van der Waals surface area contributed by atoms with Crippen LogP contribution in [0.25, 0.3) is 21.7 Å². The minimum Gasteiger partial charge on any atom is -0.504 e. The monoisotopic (exact) mass is 304 g/mol. The Morgan fingerprint density at radius 2 is 2.09 bits per heavy atom. The van der Waals surface area contributed by atoms with E-state index in [1.54, 1.807) is 6.07 Å². The molecule has 0 atom stereocenters. The summed E-state index contributed by atoms with van der Waals surface area (Å²) in [7, 11) is 1.28. The quantitative estimate of drug-likeness (QED) is 0.550. The molecular formula is C15H9FO6. The summed E-state index contributed by atoms with van der Waals surface area (Å²) in [5.74, 6) is -0.662. The summed E-state index contributed by atoms with van der Waals surface area (Å²) in [5, 5.41) is 10.1. The van der Waals surface area contributed by atoms with Gasteiger partial charge in [-0.2, -0.15) is 0 Å². The number of hydrogen-bond acceptors (Lipinski definition) is 6. The highest BCUT2D eigenvalue weighted by atomic mass is 19.1. The summed E-state index contributed by atoms with van der Waals surface area (Å²) in [5.41, 5.74) is -0.870. The zero-order valence-corrected chi connectivity index (χ0v) is 11.3. The van der Waals surface area contributed by atoms with Crippen LogP contribution in [0.15, 0.2) is 27.4 Å². The Hall–Kier alpha value is -2.96. The number of phenols is 1. The largest absolute Gasteiger partial charge is 0.504 e. The van der Waals surface area contributed by atoms with Gasteiger partial charge in [0.1, 0.15) is 5.82 Å². The Balaban J connectivity index is 2.34. The van der Waals surface area contributed by atoms with Crippen LogP contribution in [0.4, 0.5) is 4.39 Å². The van der Waals surface area contributed by atoms with Gasteiger partial charge >= 0.3 is 5.63 Å². The first-order chi connectivity index (χ1) is 10.6. The molecule has 1 N–H and O–H groups in total. The molecule has 2 heterocycles. The second-order valence-corrected chi connectivity index (χ2v) is 4.73. The molecule has 1 aliphatic rings. The molecule has 0 radical (unpaired) electrons. The van der Waals surface area contributed by atoms with Gasteiger partial charge in [-0.05, 0) is 12.1 Å². The van der Waals surface area contributed by atoms with Crippen LogP contribution < -0.4 is 19.8 Å². The minimum atomic E-state index is -0.758. The van der Waals surface area contributed by atoms with Gasteiger partial charge in [0, 0.05) is 11.5 Å². The molecule has 1 aliphatic heterocycles. The molecule has 0 aliphatic carbocycles. The van der Waals surface area contributed by atoms with Crippen molar-refractivity contribution in [2.75, 3.05) is 13.9 Å². The van der Waals surface area contributed by atoms with Crippen LogP contribution >= 0.6 is 0 Å². The van der Waals surface area contributed by atoms with Gasteiger partial charge in [-0.15, -0.1) is 0 Å². The van der Waals surface area contributed by atoms with E-state index in [4.69, 9.17) is 18.6 Å². The number of hydrogen-bond donors (Lipinski definition) is 1. The summed E-state index contributed by atoms with van der Waals surface area (Å²) in [4.78, 5) is 12.2. The maximum Gasteiger partial charge on any atom is 0.344 e. The topological polar surface area (TPSA) is 78.1 Å². The number of benzene rings is 2. The standard InChI is InChI=1S/C15H9FO6/c1-19-12-8(17)4-7(16)11-10-6(15(18)22-14(11)12)2-3-9-13(10)21-5-20-9/h2-4,17H,5H2,1H3. The van der Waals surface area contributed by atoms with Crippen LogP contribution in [0.5, 0.6) is 23.0 Å². The fourth-order valence-corrected chi connectivity index (χ4v) is 2.66. The second-order valence-electron chi connectivity index (χ2n) is 4.73. The number of fused-ring (bicyclic) bond motifs is 5. The fraction of sp³-hybridized carbons (Fsp3) is 0.133. The van der Waals surface area contributed by atoms with Crippen molar-refractivity contribution in [3.8, 4) is 23.0 Å². The molecule has 1 aromatic heterocycles. The lowest BCUT2D eigenvalue weighted by molar-refractivity contribution is 0.175. The van der Waals surface area contributed by atoms with Crippen LogP contribution in [0.3, 0.4) is 0 Å². The molecule has 3 aromatic rings. The van der Waals surface area contributed by atoms with Gasteiger partial charge < -0.3 is 23.7 Å². The van der Waals surface area contributed by atoms with E-state index >= 15 is 0 Å². The average Bonchev–Trinajstić information content (AvgIpc) is 2.95. The highest BCUT2D eigenvalue weighted by Crippen LogP contribution is 2.45. The molecule has 2 aromatic carbocycles. The Labute approximate surface area is 122 Å². The normalized spacial score (nSPS) is 13.0. The predicted molar refractivity (Wildman–Crippen MR) is 74.3 cm³/mol. The van der Waals surface area contributed by atoms with Crippen LogP contribution in [0.1, 0.15) is 0 Å². The van der Waals surface area contributed by atoms with Gasteiger partial charge in [0.05, 0.1) is 17.9 Å². The minimum absolute atomic E-state index is 0.00778. The van der Waals surface area contributed by atoms with Gasteiger partial charge in [0.15, 0.2) is 22.8 Å². The smallest absolute Gasteiger partial charge is 0.344 e. The molecule has 7 heteroatoms. The van der Waals surface area contributed by atoms with E-state index in [-0.39, 0.29) is 40.0 Å². The SMILES string of the molecule is COc1c(O)cc(F)c2c1oc(=O)c1ccc3c(c12)OCO3. The van der Waals surface area contributed by atoms with Gasteiger partial charge in [0.25, 0.3) is 0 Å². The maximum absolute atomic E-state index is 14.4. The highest BCUT2D eigenvalue weighted by molar-refractivity contribution is 6.11. The van der Waals surface area contributed by atoms with Crippen molar-refractivity contribution < 1.29 is 28.1 Å². The average molecular weight is 304 g/mol. The molecule has 0 saturated heterocycles. The van der Waals surface area contributed by atoms with Crippen molar-refractivity contribution in [1.82, 2.24) is 0 Å². The third kappa shape index (κ3) is 1.50. The number of phenolic OH excluding ortho intramolecular Hbond substituents is 1. The van der Waals surface area contributed by atoms with E-state index < -0.39 is 17.2 Å². The fourth-order valence-electron chi connectivity index (χ4n) is 2.66. The van der Waals surface area contributed by atoms with E-state index in [2.05, 4.69) is 0 Å². The highest BCUT2D eigenvalue weighted by Gasteiger charge is 2.25. The summed E-state index contributed by atoms with van der Waals surface area (Å²) < 4.78 is 35.2. The molecule has 0 unspecified atom stereocenters. The van der Waals surface area contributed by atoms with Crippen LogP contribution in [0.2, 0.25) is 0 Å². The van der Waals surface area contributed by atoms with Crippen LogP contribution in [-0.2, 0) is 0 Å². The maximum atomic E-state index is 14.4. The molecule has 112 valence electrons. The number of halogens is 1. The van der Waals surface area contributed by atoms with Crippen LogP contribution in [-0.4, -0.2) is 19.0 Å². The molecule has 4 rings (SSSR count). The van der Waals surface area contributed by atoms with Crippen molar-refractivity contribution in [2.24, 2.45) is 0 Å². The van der Waals surface area contributed by atoms with E-state index in [0.717, 1.165) is 6.07 Å². The van der Waals surface area contributed by atoms with Gasteiger partial charge in [-0.1, -0.05) is 0 Å². The van der Waals surface area contributed by atoms with Crippen molar-refractivity contribution in [3.05, 3.63) is 34.4 Å². The van der Waals surface area contributed by atoms with E-state index in [9.17, 15) is 14.3 Å². The zero-order chi connectivity index (χ0) is 15.4. The molecule has 0 fully saturated rings. The first-order valence-electron chi connectivity index (χ1n) is 6.36. The number of aromatic hydroxyl groups is 1. The van der Waals surface area contributed by atoms with Gasteiger partial charge in [-0.3, -0.25) is 0 Å². The Kier molecular flexibility index (Phi) is 2.47. The molecule has 22 heavy (non-hydrogen) atoms. The number of methoxy groups -OCH3 is 1. The van der Waals surface area contributed by atoms with E-state index in [1.165, 1.54) is 13.2 Å². The lowest BCUT2D eigenvalue weighted by Crippen LogP contribution is -2.02. The Morgan fingerprint density at radius 1 is 1.27 bits per heavy atom. The van der Waals surface area contributed by atoms with Crippen molar-refractivity contribution in [1.29, 1.82) is 0 Å². The molecular weight excluding hydrogens is 295 g/mol. The third-order valence-electron chi connectivity index (χ3n) is 3.58. The summed E-state index contributed by atoms with van der Waals surface area (Å²) in [6, 6.07) is 3.94. The molecule has 0 spiro atoms.